The third-order valence-electron chi connectivity index (χ3n) is 10.7. The number of para-hydroxylation sites is 3. The van der Waals surface area contributed by atoms with Gasteiger partial charge in [-0.15, -0.1) is 0 Å². The highest BCUT2D eigenvalue weighted by Gasteiger charge is 2.27. The van der Waals surface area contributed by atoms with E-state index in [4.69, 9.17) is 8.83 Å². The van der Waals surface area contributed by atoms with Gasteiger partial charge < -0.3 is 13.4 Å². The van der Waals surface area contributed by atoms with Crippen molar-refractivity contribution in [2.24, 2.45) is 0 Å². The summed E-state index contributed by atoms with van der Waals surface area (Å²) in [6, 6.07) is 54.5. The van der Waals surface area contributed by atoms with E-state index in [2.05, 4.69) is 144 Å². The smallest absolute Gasteiger partial charge is 0.163 e. The summed E-state index contributed by atoms with van der Waals surface area (Å²) in [7, 11) is 0. The van der Waals surface area contributed by atoms with Crippen LogP contribution in [0, 0.1) is 0 Å². The largest absolute Gasteiger partial charge is 0.455 e. The number of furan rings is 2. The minimum absolute atomic E-state index is 0.840. The van der Waals surface area contributed by atoms with E-state index in [1.165, 1.54) is 49.5 Å². The van der Waals surface area contributed by atoms with Gasteiger partial charge in [0, 0.05) is 32.6 Å². The summed E-state index contributed by atoms with van der Waals surface area (Å²) < 4.78 is 15.9. The minimum atomic E-state index is 0.840. The van der Waals surface area contributed by atoms with E-state index in [0.717, 1.165) is 66.0 Å². The van der Waals surface area contributed by atoms with Crippen molar-refractivity contribution in [3.05, 3.63) is 152 Å². The lowest BCUT2D eigenvalue weighted by atomic mass is 9.94. The lowest BCUT2D eigenvalue weighted by Gasteiger charge is -2.13. The fraction of sp³-hybridized carbons (Fsp3) is 0. The van der Waals surface area contributed by atoms with Crippen molar-refractivity contribution in [3.8, 4) is 39.1 Å². The van der Waals surface area contributed by atoms with E-state index in [-0.39, 0.29) is 0 Å². The number of rotatable bonds is 2. The molecule has 3 nitrogen and oxygen atoms in total. The van der Waals surface area contributed by atoms with Gasteiger partial charge in [0.2, 0.25) is 0 Å². The van der Waals surface area contributed by atoms with Crippen LogP contribution in [0.25, 0.3) is 116 Å². The van der Waals surface area contributed by atoms with Crippen LogP contribution in [0.5, 0.6) is 0 Å². The van der Waals surface area contributed by atoms with Crippen LogP contribution in [0.15, 0.2) is 160 Å². The number of fused-ring (bicyclic) bond motifs is 15. The Balaban J connectivity index is 1.21. The maximum Gasteiger partial charge on any atom is 0.163 e. The third kappa shape index (κ3) is 3.17. The molecule has 226 valence electrons. The van der Waals surface area contributed by atoms with E-state index in [9.17, 15) is 0 Å². The first-order valence-corrected chi connectivity index (χ1v) is 16.8. The van der Waals surface area contributed by atoms with Crippen molar-refractivity contribution in [1.82, 2.24) is 4.57 Å². The molecule has 12 rings (SSSR count). The molecule has 0 fully saturated rings. The predicted octanol–water partition coefficient (Wildman–Crippen LogP) is 13.1. The molecule has 0 atom stereocenters. The lowest BCUT2D eigenvalue weighted by Crippen LogP contribution is -1.95. The first-order chi connectivity index (χ1) is 24.3. The Bertz CT molecular complexity index is 3190. The van der Waals surface area contributed by atoms with Crippen LogP contribution < -0.4 is 0 Å². The summed E-state index contributed by atoms with van der Waals surface area (Å²) in [4.78, 5) is 0. The quantitative estimate of drug-likeness (QED) is 0.192. The Morgan fingerprint density at radius 2 is 0.959 bits per heavy atom. The highest BCUT2D eigenvalue weighted by molar-refractivity contribution is 6.38. The molecule has 0 amide bonds. The van der Waals surface area contributed by atoms with Crippen molar-refractivity contribution >= 4 is 76.5 Å². The topological polar surface area (TPSA) is 31.2 Å². The summed E-state index contributed by atoms with van der Waals surface area (Å²) >= 11 is 0. The van der Waals surface area contributed by atoms with Gasteiger partial charge in [-0.05, 0) is 74.5 Å². The van der Waals surface area contributed by atoms with Crippen molar-refractivity contribution in [2.45, 2.75) is 0 Å². The molecule has 0 N–H and O–H groups in total. The minimum Gasteiger partial charge on any atom is -0.455 e. The Labute approximate surface area is 279 Å². The summed E-state index contributed by atoms with van der Waals surface area (Å²) in [5.41, 5.74) is 14.4. The van der Waals surface area contributed by atoms with Gasteiger partial charge in [0.1, 0.15) is 16.7 Å². The van der Waals surface area contributed by atoms with Crippen molar-refractivity contribution in [3.63, 3.8) is 0 Å². The fourth-order valence-corrected chi connectivity index (χ4v) is 8.76. The molecule has 1 aliphatic rings. The van der Waals surface area contributed by atoms with Crippen molar-refractivity contribution in [1.29, 1.82) is 0 Å². The normalized spacial score (nSPS) is 12.5. The summed E-state index contributed by atoms with van der Waals surface area (Å²) in [5, 5.41) is 9.24. The maximum atomic E-state index is 6.82. The van der Waals surface area contributed by atoms with Gasteiger partial charge in [0.25, 0.3) is 0 Å². The standard InChI is InChI=1S/C46H25NO2/c1-2-14-30-29(13-1)32-19-10-18-31-28(23-24-33(30)40(31)32)26-11-9-12-27(25-26)47-37-20-6-3-15-34(37)41-42-35-16-4-7-21-38(35)48-45(42)43-36-17-5-8-22-39(36)49-46(43)44(41)47/h1-25H. The molecule has 8 aromatic carbocycles. The molecular weight excluding hydrogens is 599 g/mol. The second kappa shape index (κ2) is 9.06. The van der Waals surface area contributed by atoms with Crippen LogP contribution in [0.4, 0.5) is 0 Å². The average Bonchev–Trinajstić information content (AvgIpc) is 3.91. The number of hydrogen-bond donors (Lipinski definition) is 0. The molecule has 0 saturated heterocycles. The number of aromatic nitrogens is 1. The fourth-order valence-electron chi connectivity index (χ4n) is 8.76. The van der Waals surface area contributed by atoms with Crippen molar-refractivity contribution < 1.29 is 8.83 Å². The molecule has 0 bridgehead atoms. The van der Waals surface area contributed by atoms with Crippen LogP contribution >= 0.6 is 0 Å². The van der Waals surface area contributed by atoms with Gasteiger partial charge in [-0.25, -0.2) is 0 Å². The molecule has 3 heterocycles. The maximum absolute atomic E-state index is 6.82. The molecule has 0 aliphatic heterocycles. The van der Waals surface area contributed by atoms with E-state index in [1.54, 1.807) is 0 Å². The first-order valence-electron chi connectivity index (χ1n) is 16.8. The van der Waals surface area contributed by atoms with Crippen LogP contribution in [0.2, 0.25) is 0 Å². The highest BCUT2D eigenvalue weighted by atomic mass is 16.3. The second-order valence-electron chi connectivity index (χ2n) is 13.2. The van der Waals surface area contributed by atoms with E-state index in [1.807, 2.05) is 12.1 Å². The van der Waals surface area contributed by atoms with Crippen LogP contribution in [0.1, 0.15) is 0 Å². The molecular formula is C46H25NO2. The SMILES string of the molecule is c1cc(-c2ccc3c4c(cccc24)-c2ccccc2-3)cc(-n2c3ccccc3c3c4c5ccccc5oc4c4c5ccccc5oc4c32)c1. The Morgan fingerprint density at radius 1 is 0.367 bits per heavy atom. The van der Waals surface area contributed by atoms with E-state index < -0.39 is 0 Å². The highest BCUT2D eigenvalue weighted by Crippen LogP contribution is 2.51. The zero-order chi connectivity index (χ0) is 31.8. The predicted molar refractivity (Wildman–Crippen MR) is 203 cm³/mol. The summed E-state index contributed by atoms with van der Waals surface area (Å²) in [6.07, 6.45) is 0. The number of hydrogen-bond acceptors (Lipinski definition) is 2. The van der Waals surface area contributed by atoms with Gasteiger partial charge in [-0.1, -0.05) is 121 Å². The molecule has 0 unspecified atom stereocenters. The number of benzene rings is 8. The zero-order valence-electron chi connectivity index (χ0n) is 26.2. The lowest BCUT2D eigenvalue weighted by molar-refractivity contribution is 0.664. The molecule has 0 spiro atoms. The van der Waals surface area contributed by atoms with Gasteiger partial charge in [0.05, 0.1) is 16.4 Å². The van der Waals surface area contributed by atoms with Crippen LogP contribution in [0.3, 0.4) is 0 Å². The first kappa shape index (κ1) is 25.5. The Kier molecular flexibility index (Phi) is 4.72. The summed E-state index contributed by atoms with van der Waals surface area (Å²) in [6.45, 7) is 0. The Morgan fingerprint density at radius 3 is 1.78 bits per heavy atom. The molecule has 49 heavy (non-hydrogen) atoms. The van der Waals surface area contributed by atoms with Gasteiger partial charge in [-0.2, -0.15) is 0 Å². The second-order valence-corrected chi connectivity index (χ2v) is 13.2. The third-order valence-corrected chi connectivity index (χ3v) is 10.7. The molecule has 0 radical (unpaired) electrons. The Hall–Kier alpha value is -6.58. The van der Waals surface area contributed by atoms with Crippen molar-refractivity contribution in [2.75, 3.05) is 0 Å². The number of nitrogens with zero attached hydrogens (tertiary/aromatic N) is 1. The van der Waals surface area contributed by atoms with Crippen LogP contribution in [-0.4, -0.2) is 4.57 Å². The van der Waals surface area contributed by atoms with E-state index in [0.29, 0.717) is 0 Å². The average molecular weight is 624 g/mol. The molecule has 1 aliphatic carbocycles. The molecule has 0 saturated carbocycles. The van der Waals surface area contributed by atoms with Gasteiger partial charge in [-0.3, -0.25) is 0 Å². The van der Waals surface area contributed by atoms with Gasteiger partial charge in [0.15, 0.2) is 5.58 Å². The molecule has 3 heteroatoms. The summed E-state index contributed by atoms with van der Waals surface area (Å²) in [5.74, 6) is 0. The monoisotopic (exact) mass is 623 g/mol. The van der Waals surface area contributed by atoms with Gasteiger partial charge >= 0.3 is 0 Å². The zero-order valence-corrected chi connectivity index (χ0v) is 26.2. The van der Waals surface area contributed by atoms with Crippen LogP contribution in [-0.2, 0) is 0 Å². The molecule has 3 aromatic heterocycles. The van der Waals surface area contributed by atoms with E-state index >= 15 is 0 Å². The molecule has 11 aromatic rings.